The SMILES string of the molecule is Cc1cccc2c(C)c3c(c(C)c12)n1c2ccccc2c2c(-c4ccccc4)cc4cc[n+](C)c3c4c21. The van der Waals surface area contributed by atoms with Crippen LogP contribution in [0.4, 0.5) is 0 Å². The zero-order valence-electron chi connectivity index (χ0n) is 21.6. The summed E-state index contributed by atoms with van der Waals surface area (Å²) in [5.74, 6) is 0. The fraction of sp³-hybridized carbons (Fsp3) is 0.114. The van der Waals surface area contributed by atoms with E-state index in [0.29, 0.717) is 0 Å². The first-order chi connectivity index (χ1) is 18.1. The van der Waals surface area contributed by atoms with Gasteiger partial charge in [-0.25, -0.2) is 4.57 Å². The minimum Gasteiger partial charge on any atom is -0.307 e. The van der Waals surface area contributed by atoms with Crippen molar-refractivity contribution in [2.75, 3.05) is 0 Å². The lowest BCUT2D eigenvalue weighted by Crippen LogP contribution is -2.29. The van der Waals surface area contributed by atoms with Crippen LogP contribution in [0.1, 0.15) is 16.7 Å². The standard InChI is InChI=1S/C35H27N2/c1-20-11-10-15-25-21(2)30-33(22(3)29(20)25)37-28-16-9-8-14-26(28)32-27(23-12-6-5-7-13-23)19-24-17-18-36(4)34(30)31(24)35(32)37/h5-19H,1-4H3/q+1. The lowest BCUT2D eigenvalue weighted by Gasteiger charge is -2.19. The Kier molecular flexibility index (Phi) is 3.96. The van der Waals surface area contributed by atoms with E-state index in [2.05, 4.69) is 128 Å². The molecule has 0 radical (unpaired) electrons. The number of rotatable bonds is 1. The molecule has 2 nitrogen and oxygen atoms in total. The molecule has 0 aliphatic carbocycles. The molecule has 0 aliphatic heterocycles. The summed E-state index contributed by atoms with van der Waals surface area (Å²) in [5, 5.41) is 9.37. The second-order valence-electron chi connectivity index (χ2n) is 10.6. The molecule has 176 valence electrons. The highest BCUT2D eigenvalue weighted by atomic mass is 15.0. The van der Waals surface area contributed by atoms with E-state index in [1.165, 1.54) is 87.6 Å². The van der Waals surface area contributed by atoms with Gasteiger partial charge in [-0.05, 0) is 76.9 Å². The van der Waals surface area contributed by atoms with Crippen LogP contribution < -0.4 is 4.57 Å². The van der Waals surface area contributed by atoms with E-state index in [4.69, 9.17) is 0 Å². The summed E-state index contributed by atoms with van der Waals surface area (Å²) < 4.78 is 4.91. The number of hydrogen-bond donors (Lipinski definition) is 0. The van der Waals surface area contributed by atoms with Crippen LogP contribution in [0, 0.1) is 20.8 Å². The van der Waals surface area contributed by atoms with Crippen LogP contribution in [0.15, 0.2) is 91.1 Å². The third-order valence-electron chi connectivity index (χ3n) is 8.60. The Labute approximate surface area is 215 Å². The molecule has 8 rings (SSSR count). The van der Waals surface area contributed by atoms with Gasteiger partial charge in [0.05, 0.1) is 27.3 Å². The highest BCUT2D eigenvalue weighted by Crippen LogP contribution is 2.47. The third-order valence-corrected chi connectivity index (χ3v) is 8.60. The lowest BCUT2D eigenvalue weighted by molar-refractivity contribution is -0.643. The Hall–Kier alpha value is -4.43. The van der Waals surface area contributed by atoms with Gasteiger partial charge < -0.3 is 4.40 Å². The van der Waals surface area contributed by atoms with Crippen LogP contribution in [0.25, 0.3) is 70.9 Å². The van der Waals surface area contributed by atoms with Gasteiger partial charge >= 0.3 is 0 Å². The fourth-order valence-corrected chi connectivity index (χ4v) is 7.05. The molecule has 3 heterocycles. The van der Waals surface area contributed by atoms with E-state index in [1.54, 1.807) is 0 Å². The molecule has 2 heteroatoms. The van der Waals surface area contributed by atoms with E-state index in [9.17, 15) is 0 Å². The molecular formula is C35H27N2+. The Morgan fingerprint density at radius 1 is 0.622 bits per heavy atom. The summed E-state index contributed by atoms with van der Waals surface area (Å²) >= 11 is 0. The number of nitrogens with zero attached hydrogens (tertiary/aromatic N) is 2. The van der Waals surface area contributed by atoms with Crippen molar-refractivity contribution in [2.24, 2.45) is 7.05 Å². The molecule has 3 aromatic heterocycles. The Morgan fingerprint density at radius 3 is 2.22 bits per heavy atom. The fourth-order valence-electron chi connectivity index (χ4n) is 7.05. The maximum absolute atomic E-state index is 2.58. The summed E-state index contributed by atoms with van der Waals surface area (Å²) in [4.78, 5) is 0. The first-order valence-electron chi connectivity index (χ1n) is 13.0. The normalized spacial score (nSPS) is 12.3. The quantitative estimate of drug-likeness (QED) is 0.128. The topological polar surface area (TPSA) is 8.29 Å². The number of aryl methyl sites for hydroxylation is 4. The van der Waals surface area contributed by atoms with Crippen molar-refractivity contribution in [2.45, 2.75) is 20.8 Å². The van der Waals surface area contributed by atoms with E-state index in [-0.39, 0.29) is 0 Å². The number of benzene rings is 5. The van der Waals surface area contributed by atoms with Crippen LogP contribution in [0.2, 0.25) is 0 Å². The Balaban J connectivity index is 1.82. The molecule has 0 unspecified atom stereocenters. The first kappa shape index (κ1) is 20.7. The molecule has 0 N–H and O–H groups in total. The predicted octanol–water partition coefficient (Wildman–Crippen LogP) is 8.56. The number of fused-ring (bicyclic) bond motifs is 7. The largest absolute Gasteiger partial charge is 0.307 e. The number of para-hydroxylation sites is 1. The molecule has 0 saturated heterocycles. The maximum Gasteiger partial charge on any atom is 0.224 e. The average Bonchev–Trinajstić information content (AvgIpc) is 3.27. The van der Waals surface area contributed by atoms with Crippen molar-refractivity contribution in [1.82, 2.24) is 4.40 Å². The average molecular weight is 476 g/mol. The van der Waals surface area contributed by atoms with Gasteiger partial charge in [-0.1, -0.05) is 66.7 Å². The summed E-state index contributed by atoms with van der Waals surface area (Å²) in [6, 6.07) is 31.2. The number of aromatic nitrogens is 2. The molecule has 0 spiro atoms. The minimum atomic E-state index is 1.26. The van der Waals surface area contributed by atoms with Crippen LogP contribution in [0.3, 0.4) is 0 Å². The minimum absolute atomic E-state index is 1.26. The Morgan fingerprint density at radius 2 is 1.38 bits per heavy atom. The van der Waals surface area contributed by atoms with Gasteiger partial charge in [0, 0.05) is 16.8 Å². The molecule has 37 heavy (non-hydrogen) atoms. The highest BCUT2D eigenvalue weighted by molar-refractivity contribution is 6.31. The summed E-state index contributed by atoms with van der Waals surface area (Å²) in [7, 11) is 2.20. The van der Waals surface area contributed by atoms with Crippen molar-refractivity contribution in [3.63, 3.8) is 0 Å². The molecule has 0 aliphatic rings. The monoisotopic (exact) mass is 475 g/mol. The van der Waals surface area contributed by atoms with E-state index < -0.39 is 0 Å². The van der Waals surface area contributed by atoms with Crippen molar-refractivity contribution in [3.05, 3.63) is 108 Å². The van der Waals surface area contributed by atoms with Crippen LogP contribution >= 0.6 is 0 Å². The van der Waals surface area contributed by atoms with Gasteiger partial charge in [-0.3, -0.25) is 0 Å². The lowest BCUT2D eigenvalue weighted by atomic mass is 9.89. The highest BCUT2D eigenvalue weighted by Gasteiger charge is 2.28. The summed E-state index contributed by atoms with van der Waals surface area (Å²) in [6.45, 7) is 6.88. The third kappa shape index (κ3) is 2.48. The van der Waals surface area contributed by atoms with Crippen LogP contribution in [-0.4, -0.2) is 4.40 Å². The van der Waals surface area contributed by atoms with Gasteiger partial charge in [-0.2, -0.15) is 0 Å². The molecule has 0 bridgehead atoms. The van der Waals surface area contributed by atoms with Crippen molar-refractivity contribution >= 4 is 59.8 Å². The van der Waals surface area contributed by atoms with Crippen molar-refractivity contribution < 1.29 is 4.57 Å². The zero-order chi connectivity index (χ0) is 25.0. The van der Waals surface area contributed by atoms with Gasteiger partial charge in [-0.15, -0.1) is 0 Å². The first-order valence-corrected chi connectivity index (χ1v) is 13.0. The molecule has 5 aromatic carbocycles. The zero-order valence-corrected chi connectivity index (χ0v) is 21.6. The van der Waals surface area contributed by atoms with E-state index >= 15 is 0 Å². The predicted molar refractivity (Wildman–Crippen MR) is 157 cm³/mol. The molecule has 0 amide bonds. The van der Waals surface area contributed by atoms with Crippen LogP contribution in [0.5, 0.6) is 0 Å². The molecule has 0 fully saturated rings. The second kappa shape index (κ2) is 7.08. The summed E-state index contributed by atoms with van der Waals surface area (Å²) in [6.07, 6.45) is 2.23. The van der Waals surface area contributed by atoms with Gasteiger partial charge in [0.25, 0.3) is 0 Å². The Bertz CT molecular complexity index is 2220. The molecular weight excluding hydrogens is 448 g/mol. The number of hydrogen-bond acceptors (Lipinski definition) is 0. The number of pyridine rings is 2. The molecule has 0 saturated carbocycles. The van der Waals surface area contributed by atoms with Gasteiger partial charge in [0.1, 0.15) is 7.05 Å². The van der Waals surface area contributed by atoms with Gasteiger partial charge in [0.15, 0.2) is 6.20 Å². The summed E-state index contributed by atoms with van der Waals surface area (Å²) in [5.41, 5.74) is 11.8. The maximum atomic E-state index is 2.58. The van der Waals surface area contributed by atoms with Crippen molar-refractivity contribution in [3.8, 4) is 11.1 Å². The molecule has 0 atom stereocenters. The second-order valence-corrected chi connectivity index (χ2v) is 10.6. The van der Waals surface area contributed by atoms with Gasteiger partial charge in [0.2, 0.25) is 5.52 Å². The van der Waals surface area contributed by atoms with Crippen molar-refractivity contribution in [1.29, 1.82) is 0 Å². The van der Waals surface area contributed by atoms with Crippen LogP contribution in [-0.2, 0) is 7.05 Å². The van der Waals surface area contributed by atoms with E-state index in [1.807, 2.05) is 0 Å². The van der Waals surface area contributed by atoms with E-state index in [0.717, 1.165) is 0 Å². The smallest absolute Gasteiger partial charge is 0.224 e. The molecule has 8 aromatic rings.